The first-order valence-corrected chi connectivity index (χ1v) is 8.39. The Balaban J connectivity index is 1.68. The van der Waals surface area contributed by atoms with E-state index in [2.05, 4.69) is 20.5 Å². The molecule has 0 bridgehead atoms. The molecule has 22 heavy (non-hydrogen) atoms. The summed E-state index contributed by atoms with van der Waals surface area (Å²) in [6.45, 7) is 5.47. The second kappa shape index (κ2) is 6.58. The molecule has 1 fully saturated rings. The summed E-state index contributed by atoms with van der Waals surface area (Å²) in [5.41, 5.74) is 1.84. The quantitative estimate of drug-likeness (QED) is 0.908. The highest BCUT2D eigenvalue weighted by Crippen LogP contribution is 2.27. The van der Waals surface area contributed by atoms with Gasteiger partial charge in [-0.05, 0) is 26.2 Å². The molecular formula is C15H20N4O2S. The number of amides is 1. The van der Waals surface area contributed by atoms with Gasteiger partial charge in [0.2, 0.25) is 0 Å². The Morgan fingerprint density at radius 3 is 2.95 bits per heavy atom. The van der Waals surface area contributed by atoms with E-state index in [1.807, 2.05) is 19.9 Å². The van der Waals surface area contributed by atoms with E-state index in [1.165, 1.54) is 11.3 Å². The fourth-order valence-electron chi connectivity index (χ4n) is 2.61. The molecule has 1 aliphatic heterocycles. The fraction of sp³-hybridized carbons (Fsp3) is 0.533. The van der Waals surface area contributed by atoms with Crippen LogP contribution in [0.5, 0.6) is 0 Å². The first kappa shape index (κ1) is 15.2. The van der Waals surface area contributed by atoms with Crippen LogP contribution in [0, 0.1) is 6.92 Å². The molecule has 0 aliphatic carbocycles. The standard InChI is InChI=1S/C15H20N4O2S/c1-3-13-16-9(2)14(22-13)15(20)17-12-8-11(18-19-12)10-4-6-21-7-5-10/h8,10H,3-7H2,1-2H3,(H2,17,18,19,20). The molecule has 2 N–H and O–H groups in total. The summed E-state index contributed by atoms with van der Waals surface area (Å²) in [4.78, 5) is 17.4. The molecule has 7 heteroatoms. The van der Waals surface area contributed by atoms with Crippen molar-refractivity contribution in [2.45, 2.75) is 39.0 Å². The second-order valence-electron chi connectivity index (χ2n) is 5.42. The van der Waals surface area contributed by atoms with Gasteiger partial charge in [0.25, 0.3) is 5.91 Å². The molecule has 1 amide bonds. The van der Waals surface area contributed by atoms with E-state index in [1.54, 1.807) is 0 Å². The fourth-order valence-corrected chi connectivity index (χ4v) is 3.51. The van der Waals surface area contributed by atoms with Gasteiger partial charge in [-0.15, -0.1) is 11.3 Å². The molecule has 2 aromatic rings. The number of anilines is 1. The van der Waals surface area contributed by atoms with Gasteiger partial charge in [-0.3, -0.25) is 9.89 Å². The molecule has 0 saturated carbocycles. The molecule has 3 rings (SSSR count). The molecule has 0 spiro atoms. The summed E-state index contributed by atoms with van der Waals surface area (Å²) in [5, 5.41) is 11.1. The Hall–Kier alpha value is -1.73. The van der Waals surface area contributed by atoms with Crippen LogP contribution in [0.3, 0.4) is 0 Å². The number of carbonyl (C=O) groups excluding carboxylic acids is 1. The van der Waals surface area contributed by atoms with Crippen molar-refractivity contribution in [1.82, 2.24) is 15.2 Å². The van der Waals surface area contributed by atoms with Crippen LogP contribution < -0.4 is 5.32 Å². The molecule has 118 valence electrons. The number of aryl methyl sites for hydroxylation is 2. The number of H-pyrrole nitrogens is 1. The minimum absolute atomic E-state index is 0.139. The topological polar surface area (TPSA) is 79.9 Å². The zero-order valence-electron chi connectivity index (χ0n) is 12.8. The number of carbonyl (C=O) groups is 1. The van der Waals surface area contributed by atoms with E-state index in [4.69, 9.17) is 4.74 Å². The van der Waals surface area contributed by atoms with Crippen LogP contribution >= 0.6 is 11.3 Å². The van der Waals surface area contributed by atoms with Crippen molar-refractivity contribution in [3.63, 3.8) is 0 Å². The lowest BCUT2D eigenvalue weighted by atomic mass is 9.97. The van der Waals surface area contributed by atoms with Crippen LogP contribution in [-0.4, -0.2) is 34.3 Å². The van der Waals surface area contributed by atoms with Gasteiger partial charge in [-0.25, -0.2) is 4.98 Å². The summed E-state index contributed by atoms with van der Waals surface area (Å²) < 4.78 is 5.37. The largest absolute Gasteiger partial charge is 0.381 e. The van der Waals surface area contributed by atoms with Gasteiger partial charge in [0.15, 0.2) is 5.82 Å². The van der Waals surface area contributed by atoms with Gasteiger partial charge in [0, 0.05) is 30.9 Å². The van der Waals surface area contributed by atoms with Gasteiger partial charge in [-0.2, -0.15) is 5.10 Å². The number of thiazole rings is 1. The van der Waals surface area contributed by atoms with E-state index >= 15 is 0 Å². The van der Waals surface area contributed by atoms with Crippen molar-refractivity contribution in [1.29, 1.82) is 0 Å². The number of rotatable bonds is 4. The van der Waals surface area contributed by atoms with E-state index in [0.717, 1.165) is 48.9 Å². The minimum atomic E-state index is -0.139. The molecule has 0 radical (unpaired) electrons. The molecule has 0 aromatic carbocycles. The first-order valence-electron chi connectivity index (χ1n) is 7.58. The maximum Gasteiger partial charge on any atom is 0.268 e. The highest BCUT2D eigenvalue weighted by atomic mass is 32.1. The lowest BCUT2D eigenvalue weighted by Crippen LogP contribution is -2.14. The average molecular weight is 320 g/mol. The first-order chi connectivity index (χ1) is 10.7. The maximum atomic E-state index is 12.3. The van der Waals surface area contributed by atoms with Crippen molar-refractivity contribution < 1.29 is 9.53 Å². The van der Waals surface area contributed by atoms with E-state index in [0.29, 0.717) is 16.6 Å². The van der Waals surface area contributed by atoms with Crippen molar-refractivity contribution in [2.24, 2.45) is 0 Å². The Morgan fingerprint density at radius 1 is 1.50 bits per heavy atom. The molecule has 2 aromatic heterocycles. The molecule has 3 heterocycles. The van der Waals surface area contributed by atoms with Crippen molar-refractivity contribution in [3.05, 3.63) is 27.3 Å². The summed E-state index contributed by atoms with van der Waals surface area (Å²) in [5.74, 6) is 0.862. The number of nitrogens with one attached hydrogen (secondary N) is 2. The monoisotopic (exact) mass is 320 g/mol. The van der Waals surface area contributed by atoms with Crippen molar-refractivity contribution in [2.75, 3.05) is 18.5 Å². The molecule has 1 saturated heterocycles. The zero-order valence-corrected chi connectivity index (χ0v) is 13.6. The molecule has 0 unspecified atom stereocenters. The minimum Gasteiger partial charge on any atom is -0.381 e. The van der Waals surface area contributed by atoms with Gasteiger partial charge in [-0.1, -0.05) is 6.92 Å². The normalized spacial score (nSPS) is 15.9. The Morgan fingerprint density at radius 2 is 2.27 bits per heavy atom. The van der Waals surface area contributed by atoms with Crippen molar-refractivity contribution >= 4 is 23.1 Å². The second-order valence-corrected chi connectivity index (χ2v) is 6.51. The van der Waals surface area contributed by atoms with Gasteiger partial charge >= 0.3 is 0 Å². The Labute approximate surface area is 133 Å². The third-order valence-electron chi connectivity index (χ3n) is 3.85. The van der Waals surface area contributed by atoms with Gasteiger partial charge < -0.3 is 10.1 Å². The number of aromatic nitrogens is 3. The molecular weight excluding hydrogens is 300 g/mol. The van der Waals surface area contributed by atoms with Gasteiger partial charge in [0.05, 0.1) is 10.7 Å². The average Bonchev–Trinajstić information content (AvgIpc) is 3.14. The summed E-state index contributed by atoms with van der Waals surface area (Å²) in [6, 6.07) is 1.92. The van der Waals surface area contributed by atoms with E-state index < -0.39 is 0 Å². The Kier molecular flexibility index (Phi) is 4.54. The van der Waals surface area contributed by atoms with Crippen LogP contribution in [0.15, 0.2) is 6.07 Å². The molecule has 0 atom stereocenters. The van der Waals surface area contributed by atoms with Crippen molar-refractivity contribution in [3.8, 4) is 0 Å². The highest BCUT2D eigenvalue weighted by Gasteiger charge is 2.20. The lowest BCUT2D eigenvalue weighted by molar-refractivity contribution is 0.0845. The van der Waals surface area contributed by atoms with Crippen LogP contribution in [0.4, 0.5) is 5.82 Å². The summed E-state index contributed by atoms with van der Waals surface area (Å²) in [7, 11) is 0. The summed E-state index contributed by atoms with van der Waals surface area (Å²) in [6.07, 6.45) is 2.82. The predicted octanol–water partition coefficient (Wildman–Crippen LogP) is 2.88. The van der Waals surface area contributed by atoms with E-state index in [-0.39, 0.29) is 5.91 Å². The van der Waals surface area contributed by atoms with Crippen LogP contribution in [0.25, 0.3) is 0 Å². The third-order valence-corrected chi connectivity index (χ3v) is 5.15. The maximum absolute atomic E-state index is 12.3. The lowest BCUT2D eigenvalue weighted by Gasteiger charge is -2.20. The third kappa shape index (κ3) is 3.20. The van der Waals surface area contributed by atoms with E-state index in [9.17, 15) is 4.79 Å². The SMILES string of the molecule is CCc1nc(C)c(C(=O)Nc2cc(C3CCOCC3)[nH]n2)s1. The Bertz CT molecular complexity index is 658. The molecule has 6 nitrogen and oxygen atoms in total. The zero-order chi connectivity index (χ0) is 15.5. The summed E-state index contributed by atoms with van der Waals surface area (Å²) >= 11 is 1.44. The van der Waals surface area contributed by atoms with Gasteiger partial charge in [0.1, 0.15) is 4.88 Å². The van der Waals surface area contributed by atoms with Crippen LogP contribution in [0.1, 0.15) is 51.8 Å². The number of hydrogen-bond acceptors (Lipinski definition) is 5. The number of nitrogens with zero attached hydrogens (tertiary/aromatic N) is 2. The number of hydrogen-bond donors (Lipinski definition) is 2. The number of ether oxygens (including phenoxy) is 1. The highest BCUT2D eigenvalue weighted by molar-refractivity contribution is 7.13. The van der Waals surface area contributed by atoms with Crippen LogP contribution in [0.2, 0.25) is 0 Å². The number of aromatic amines is 1. The smallest absolute Gasteiger partial charge is 0.268 e. The molecule has 1 aliphatic rings. The predicted molar refractivity (Wildman–Crippen MR) is 85.6 cm³/mol. The van der Waals surface area contributed by atoms with Crippen LogP contribution in [-0.2, 0) is 11.2 Å².